The van der Waals surface area contributed by atoms with Crippen molar-refractivity contribution < 1.29 is 4.74 Å². The predicted octanol–water partition coefficient (Wildman–Crippen LogP) is 3.05. The second kappa shape index (κ2) is 5.02. The van der Waals surface area contributed by atoms with Gasteiger partial charge in [-0.15, -0.1) is 0 Å². The van der Waals surface area contributed by atoms with Crippen molar-refractivity contribution in [3.05, 3.63) is 34.4 Å². The highest BCUT2D eigenvalue weighted by atomic mass is 16.5. The Labute approximate surface area is 111 Å². The molecular weight excluding hydrogens is 222 g/mol. The SMILES string of the molecule is Cc1cc(C)c(CC(N)C2(C)CCCO2)c(C)c1. The van der Waals surface area contributed by atoms with E-state index in [1.165, 1.54) is 22.3 Å². The zero-order valence-corrected chi connectivity index (χ0v) is 12.0. The third kappa shape index (κ3) is 2.60. The molecule has 0 bridgehead atoms. The molecule has 0 aliphatic carbocycles. The van der Waals surface area contributed by atoms with Crippen LogP contribution in [0, 0.1) is 20.8 Å². The molecule has 1 saturated heterocycles. The summed E-state index contributed by atoms with van der Waals surface area (Å²) in [5.41, 5.74) is 11.7. The number of hydrogen-bond donors (Lipinski definition) is 1. The van der Waals surface area contributed by atoms with Crippen LogP contribution in [-0.4, -0.2) is 18.2 Å². The molecular formula is C16H25NO. The molecule has 2 nitrogen and oxygen atoms in total. The molecule has 2 atom stereocenters. The number of ether oxygens (including phenoxy) is 1. The van der Waals surface area contributed by atoms with Gasteiger partial charge < -0.3 is 10.5 Å². The molecule has 0 saturated carbocycles. The first-order valence-corrected chi connectivity index (χ1v) is 6.88. The fraction of sp³-hybridized carbons (Fsp3) is 0.625. The predicted molar refractivity (Wildman–Crippen MR) is 75.9 cm³/mol. The third-order valence-electron chi connectivity index (χ3n) is 4.30. The van der Waals surface area contributed by atoms with Gasteiger partial charge in [0.05, 0.1) is 5.60 Å². The first-order valence-electron chi connectivity index (χ1n) is 6.88. The maximum absolute atomic E-state index is 6.40. The van der Waals surface area contributed by atoms with Gasteiger partial charge in [-0.1, -0.05) is 17.7 Å². The van der Waals surface area contributed by atoms with E-state index < -0.39 is 0 Å². The van der Waals surface area contributed by atoms with Crippen LogP contribution in [0.4, 0.5) is 0 Å². The lowest BCUT2D eigenvalue weighted by molar-refractivity contribution is -0.000958. The van der Waals surface area contributed by atoms with E-state index in [1.807, 2.05) is 0 Å². The molecule has 1 fully saturated rings. The van der Waals surface area contributed by atoms with Crippen LogP contribution in [0.15, 0.2) is 12.1 Å². The Balaban J connectivity index is 2.19. The van der Waals surface area contributed by atoms with Gasteiger partial charge in [0.1, 0.15) is 0 Å². The van der Waals surface area contributed by atoms with E-state index in [4.69, 9.17) is 10.5 Å². The van der Waals surface area contributed by atoms with Crippen molar-refractivity contribution in [3.8, 4) is 0 Å². The number of benzene rings is 1. The molecule has 2 N–H and O–H groups in total. The number of rotatable bonds is 3. The second-order valence-corrected chi connectivity index (χ2v) is 5.95. The lowest BCUT2D eigenvalue weighted by Crippen LogP contribution is -2.46. The molecule has 0 amide bonds. The van der Waals surface area contributed by atoms with Gasteiger partial charge in [0, 0.05) is 12.6 Å². The Kier molecular flexibility index (Phi) is 3.79. The molecule has 0 aromatic heterocycles. The molecule has 1 aromatic carbocycles. The average Bonchev–Trinajstić information content (AvgIpc) is 2.71. The molecule has 18 heavy (non-hydrogen) atoms. The maximum Gasteiger partial charge on any atom is 0.0808 e. The van der Waals surface area contributed by atoms with Gasteiger partial charge in [0.2, 0.25) is 0 Å². The normalized spacial score (nSPS) is 25.4. The van der Waals surface area contributed by atoms with Gasteiger partial charge in [0.15, 0.2) is 0 Å². The Bertz CT molecular complexity index is 410. The highest BCUT2D eigenvalue weighted by Gasteiger charge is 2.36. The average molecular weight is 247 g/mol. The minimum absolute atomic E-state index is 0.0834. The molecule has 0 spiro atoms. The zero-order valence-electron chi connectivity index (χ0n) is 12.0. The fourth-order valence-electron chi connectivity index (χ4n) is 3.06. The highest BCUT2D eigenvalue weighted by molar-refractivity contribution is 5.38. The molecule has 100 valence electrons. The van der Waals surface area contributed by atoms with E-state index >= 15 is 0 Å². The van der Waals surface area contributed by atoms with Crippen LogP contribution < -0.4 is 5.73 Å². The molecule has 1 aromatic rings. The summed E-state index contributed by atoms with van der Waals surface area (Å²) in [6.45, 7) is 9.52. The van der Waals surface area contributed by atoms with Crippen LogP contribution in [-0.2, 0) is 11.2 Å². The molecule has 2 rings (SSSR count). The fourth-order valence-corrected chi connectivity index (χ4v) is 3.06. The van der Waals surface area contributed by atoms with Crippen molar-refractivity contribution in [2.45, 2.75) is 58.6 Å². The summed E-state index contributed by atoms with van der Waals surface area (Å²) in [7, 11) is 0. The lowest BCUT2D eigenvalue weighted by atomic mass is 9.86. The van der Waals surface area contributed by atoms with Crippen LogP contribution in [0.1, 0.15) is 42.0 Å². The van der Waals surface area contributed by atoms with Crippen molar-refractivity contribution in [1.82, 2.24) is 0 Å². The first-order chi connectivity index (χ1) is 8.42. The van der Waals surface area contributed by atoms with Crippen molar-refractivity contribution in [2.75, 3.05) is 6.61 Å². The molecule has 2 unspecified atom stereocenters. The Morgan fingerprint density at radius 1 is 1.28 bits per heavy atom. The number of hydrogen-bond acceptors (Lipinski definition) is 2. The van der Waals surface area contributed by atoms with Crippen LogP contribution in [0.2, 0.25) is 0 Å². The summed E-state index contributed by atoms with van der Waals surface area (Å²) in [5.74, 6) is 0. The summed E-state index contributed by atoms with van der Waals surface area (Å²) in [6.07, 6.45) is 3.13. The van der Waals surface area contributed by atoms with Gasteiger partial charge in [-0.2, -0.15) is 0 Å². The van der Waals surface area contributed by atoms with E-state index in [0.29, 0.717) is 0 Å². The molecule has 1 aliphatic rings. The number of aryl methyl sites for hydroxylation is 3. The summed E-state index contributed by atoms with van der Waals surface area (Å²) in [6, 6.07) is 4.57. The highest BCUT2D eigenvalue weighted by Crippen LogP contribution is 2.30. The van der Waals surface area contributed by atoms with Gasteiger partial charge in [-0.3, -0.25) is 0 Å². The molecule has 2 heteroatoms. The van der Waals surface area contributed by atoms with Crippen LogP contribution in [0.25, 0.3) is 0 Å². The lowest BCUT2D eigenvalue weighted by Gasteiger charge is -2.31. The molecule has 1 heterocycles. The van der Waals surface area contributed by atoms with Gasteiger partial charge in [-0.25, -0.2) is 0 Å². The summed E-state index contributed by atoms with van der Waals surface area (Å²) in [4.78, 5) is 0. The zero-order chi connectivity index (χ0) is 13.3. The van der Waals surface area contributed by atoms with Crippen molar-refractivity contribution in [3.63, 3.8) is 0 Å². The quantitative estimate of drug-likeness (QED) is 0.891. The minimum atomic E-state index is -0.135. The van der Waals surface area contributed by atoms with E-state index in [2.05, 4.69) is 39.8 Å². The van der Waals surface area contributed by atoms with E-state index in [-0.39, 0.29) is 11.6 Å². The van der Waals surface area contributed by atoms with Gasteiger partial charge in [0.25, 0.3) is 0 Å². The van der Waals surface area contributed by atoms with Crippen LogP contribution in [0.5, 0.6) is 0 Å². The van der Waals surface area contributed by atoms with Crippen molar-refractivity contribution >= 4 is 0 Å². The minimum Gasteiger partial charge on any atom is -0.374 e. The van der Waals surface area contributed by atoms with E-state index in [9.17, 15) is 0 Å². The first kappa shape index (κ1) is 13.6. The molecule has 1 aliphatic heterocycles. The topological polar surface area (TPSA) is 35.2 Å². The molecule has 0 radical (unpaired) electrons. The van der Waals surface area contributed by atoms with Gasteiger partial charge >= 0.3 is 0 Å². The monoisotopic (exact) mass is 247 g/mol. The summed E-state index contributed by atoms with van der Waals surface area (Å²) < 4.78 is 5.85. The largest absolute Gasteiger partial charge is 0.374 e. The van der Waals surface area contributed by atoms with Crippen LogP contribution >= 0.6 is 0 Å². The van der Waals surface area contributed by atoms with Gasteiger partial charge in [-0.05, 0) is 63.6 Å². The van der Waals surface area contributed by atoms with E-state index in [1.54, 1.807) is 0 Å². The standard InChI is InChI=1S/C16H25NO/c1-11-8-12(2)14(13(3)9-11)10-15(17)16(4)6-5-7-18-16/h8-9,15H,5-7,10,17H2,1-4H3. The van der Waals surface area contributed by atoms with E-state index in [0.717, 1.165) is 25.9 Å². The summed E-state index contributed by atoms with van der Waals surface area (Å²) in [5, 5.41) is 0. The second-order valence-electron chi connectivity index (χ2n) is 5.95. The Morgan fingerprint density at radius 3 is 2.39 bits per heavy atom. The Morgan fingerprint density at radius 2 is 1.89 bits per heavy atom. The van der Waals surface area contributed by atoms with Crippen molar-refractivity contribution in [1.29, 1.82) is 0 Å². The smallest absolute Gasteiger partial charge is 0.0808 e. The summed E-state index contributed by atoms with van der Waals surface area (Å²) >= 11 is 0. The maximum atomic E-state index is 6.40. The third-order valence-corrected chi connectivity index (χ3v) is 4.30. The number of nitrogens with two attached hydrogens (primary N) is 1. The van der Waals surface area contributed by atoms with Crippen LogP contribution in [0.3, 0.4) is 0 Å². The Hall–Kier alpha value is -0.860. The van der Waals surface area contributed by atoms with Crippen molar-refractivity contribution in [2.24, 2.45) is 5.73 Å².